The predicted molar refractivity (Wildman–Crippen MR) is 64.3 cm³/mol. The lowest BCUT2D eigenvalue weighted by molar-refractivity contribution is -0.142. The number of ether oxygens (including phenoxy) is 1. The molecule has 1 aliphatic carbocycles. The van der Waals surface area contributed by atoms with E-state index in [2.05, 4.69) is 0 Å². The van der Waals surface area contributed by atoms with Crippen molar-refractivity contribution in [1.29, 1.82) is 0 Å². The second-order valence-electron chi connectivity index (χ2n) is 4.96. The van der Waals surface area contributed by atoms with Crippen LogP contribution in [0.5, 0.6) is 0 Å². The Bertz CT molecular complexity index is 343. The summed E-state index contributed by atoms with van der Waals surface area (Å²) >= 11 is 0. The molecule has 2 fully saturated rings. The fourth-order valence-electron chi connectivity index (χ4n) is 2.42. The van der Waals surface area contributed by atoms with Crippen LogP contribution >= 0.6 is 0 Å². The third-order valence-corrected chi connectivity index (χ3v) is 3.75. The molecule has 1 saturated carbocycles. The highest BCUT2D eigenvalue weighted by atomic mass is 16.5. The lowest BCUT2D eigenvalue weighted by atomic mass is 10.0. The highest BCUT2D eigenvalue weighted by molar-refractivity contribution is 5.77. The van der Waals surface area contributed by atoms with Gasteiger partial charge in [-0.05, 0) is 19.8 Å². The maximum Gasteiger partial charge on any atom is 0.320 e. The first-order valence-corrected chi connectivity index (χ1v) is 6.40. The maximum atomic E-state index is 12.3. The first-order valence-electron chi connectivity index (χ1n) is 6.40. The predicted octanol–water partition coefficient (Wildman–Crippen LogP) is 0.622. The number of urea groups is 1. The molecule has 1 aliphatic heterocycles. The number of carboxylic acids is 1. The van der Waals surface area contributed by atoms with Crippen LogP contribution in [-0.2, 0) is 9.53 Å². The Morgan fingerprint density at radius 3 is 2.50 bits per heavy atom. The molecule has 2 rings (SSSR count). The molecular formula is C12H20N2O4. The largest absolute Gasteiger partial charge is 0.481 e. The van der Waals surface area contributed by atoms with Gasteiger partial charge in [0, 0.05) is 19.6 Å². The lowest BCUT2D eigenvalue weighted by Crippen LogP contribution is -2.51. The Hall–Kier alpha value is -1.30. The van der Waals surface area contributed by atoms with E-state index >= 15 is 0 Å². The molecule has 2 atom stereocenters. The van der Waals surface area contributed by atoms with Gasteiger partial charge in [-0.15, -0.1) is 0 Å². The van der Waals surface area contributed by atoms with E-state index in [1.54, 1.807) is 16.8 Å². The molecule has 1 heterocycles. The van der Waals surface area contributed by atoms with Crippen LogP contribution in [-0.4, -0.2) is 65.8 Å². The van der Waals surface area contributed by atoms with Crippen LogP contribution in [0.4, 0.5) is 4.79 Å². The second-order valence-corrected chi connectivity index (χ2v) is 4.96. The van der Waals surface area contributed by atoms with E-state index in [1.807, 2.05) is 6.92 Å². The summed E-state index contributed by atoms with van der Waals surface area (Å²) in [5.74, 6) is -1.50. The molecule has 2 aliphatic rings. The number of carbonyl (C=O) groups is 2. The van der Waals surface area contributed by atoms with Gasteiger partial charge >= 0.3 is 12.0 Å². The van der Waals surface area contributed by atoms with Gasteiger partial charge in [0.2, 0.25) is 0 Å². The second kappa shape index (κ2) is 5.14. The van der Waals surface area contributed by atoms with Crippen LogP contribution in [0.25, 0.3) is 0 Å². The van der Waals surface area contributed by atoms with Gasteiger partial charge in [-0.25, -0.2) is 4.79 Å². The Kier molecular flexibility index (Phi) is 3.75. The highest BCUT2D eigenvalue weighted by Gasteiger charge is 2.42. The van der Waals surface area contributed by atoms with Gasteiger partial charge in [0.1, 0.15) is 5.92 Å². The number of carboxylic acid groups (broad SMARTS) is 1. The van der Waals surface area contributed by atoms with Crippen molar-refractivity contribution < 1.29 is 19.4 Å². The van der Waals surface area contributed by atoms with Crippen molar-refractivity contribution in [2.24, 2.45) is 5.92 Å². The van der Waals surface area contributed by atoms with Crippen molar-refractivity contribution in [1.82, 2.24) is 9.80 Å². The zero-order chi connectivity index (χ0) is 13.3. The number of nitrogens with zero attached hydrogens (tertiary/aromatic N) is 2. The standard InChI is InChI=1S/C12H20N2O4/c1-3-14(12(17)13(2)8-4-5-8)10-7-18-6-9(10)11(15)16/h8-10H,3-7H2,1-2H3,(H,15,16). The van der Waals surface area contributed by atoms with E-state index in [1.165, 1.54) is 0 Å². The first kappa shape index (κ1) is 13.1. The summed E-state index contributed by atoms with van der Waals surface area (Å²) in [6.07, 6.45) is 2.09. The van der Waals surface area contributed by atoms with Crippen LogP contribution in [0.2, 0.25) is 0 Å². The molecule has 6 nitrogen and oxygen atoms in total. The molecule has 2 amide bonds. The van der Waals surface area contributed by atoms with Gasteiger partial charge in [-0.2, -0.15) is 0 Å². The minimum Gasteiger partial charge on any atom is -0.481 e. The van der Waals surface area contributed by atoms with E-state index in [9.17, 15) is 9.59 Å². The van der Waals surface area contributed by atoms with Crippen LogP contribution in [0.15, 0.2) is 0 Å². The smallest absolute Gasteiger partial charge is 0.320 e. The van der Waals surface area contributed by atoms with E-state index in [-0.39, 0.29) is 18.7 Å². The molecule has 1 N–H and O–H groups in total. The molecule has 102 valence electrons. The Balaban J connectivity index is 2.07. The van der Waals surface area contributed by atoms with E-state index < -0.39 is 11.9 Å². The van der Waals surface area contributed by atoms with Gasteiger partial charge in [-0.3, -0.25) is 4.79 Å². The van der Waals surface area contributed by atoms with E-state index in [0.29, 0.717) is 19.2 Å². The summed E-state index contributed by atoms with van der Waals surface area (Å²) in [7, 11) is 1.79. The highest BCUT2D eigenvalue weighted by Crippen LogP contribution is 2.28. The minimum atomic E-state index is -0.891. The molecule has 0 aromatic rings. The lowest BCUT2D eigenvalue weighted by Gasteiger charge is -2.33. The molecule has 0 spiro atoms. The molecule has 2 unspecified atom stereocenters. The number of hydrogen-bond acceptors (Lipinski definition) is 3. The van der Waals surface area contributed by atoms with Crippen LogP contribution in [0.1, 0.15) is 19.8 Å². The number of amides is 2. The van der Waals surface area contributed by atoms with Gasteiger partial charge in [0.15, 0.2) is 0 Å². The topological polar surface area (TPSA) is 70.1 Å². The fourth-order valence-corrected chi connectivity index (χ4v) is 2.42. The summed E-state index contributed by atoms with van der Waals surface area (Å²) in [4.78, 5) is 26.8. The summed E-state index contributed by atoms with van der Waals surface area (Å²) in [6, 6.07) is -0.0971. The first-order chi connectivity index (χ1) is 8.56. The maximum absolute atomic E-state index is 12.3. The number of hydrogen-bond donors (Lipinski definition) is 1. The summed E-state index contributed by atoms with van der Waals surface area (Å²) in [6.45, 7) is 2.88. The van der Waals surface area contributed by atoms with Crippen molar-refractivity contribution >= 4 is 12.0 Å². The number of aliphatic carboxylic acids is 1. The molecule has 0 radical (unpaired) electrons. The molecule has 6 heteroatoms. The molecular weight excluding hydrogens is 236 g/mol. The Morgan fingerprint density at radius 1 is 1.33 bits per heavy atom. The molecule has 0 bridgehead atoms. The minimum absolute atomic E-state index is 0.0817. The third kappa shape index (κ3) is 2.43. The normalized spacial score (nSPS) is 27.0. The third-order valence-electron chi connectivity index (χ3n) is 3.75. The Morgan fingerprint density at radius 2 is 2.00 bits per heavy atom. The zero-order valence-electron chi connectivity index (χ0n) is 10.8. The monoisotopic (exact) mass is 256 g/mol. The van der Waals surface area contributed by atoms with Crippen LogP contribution in [0, 0.1) is 5.92 Å². The van der Waals surface area contributed by atoms with Crippen molar-refractivity contribution in [3.63, 3.8) is 0 Å². The van der Waals surface area contributed by atoms with Crippen molar-refractivity contribution in [2.45, 2.75) is 31.8 Å². The number of carbonyl (C=O) groups excluding carboxylic acids is 1. The zero-order valence-corrected chi connectivity index (χ0v) is 10.8. The number of rotatable bonds is 4. The summed E-state index contributed by atoms with van der Waals surface area (Å²) < 4.78 is 5.23. The quantitative estimate of drug-likeness (QED) is 0.800. The van der Waals surface area contributed by atoms with Crippen molar-refractivity contribution in [3.05, 3.63) is 0 Å². The molecule has 18 heavy (non-hydrogen) atoms. The molecule has 0 aromatic carbocycles. The number of likely N-dealkylation sites (N-methyl/N-ethyl adjacent to an activating group) is 1. The van der Waals surface area contributed by atoms with E-state index in [0.717, 1.165) is 12.8 Å². The van der Waals surface area contributed by atoms with E-state index in [4.69, 9.17) is 9.84 Å². The fraction of sp³-hybridized carbons (Fsp3) is 0.833. The van der Waals surface area contributed by atoms with Crippen molar-refractivity contribution in [2.75, 3.05) is 26.8 Å². The van der Waals surface area contributed by atoms with Crippen molar-refractivity contribution in [3.8, 4) is 0 Å². The average molecular weight is 256 g/mol. The van der Waals surface area contributed by atoms with Gasteiger partial charge in [0.05, 0.1) is 19.3 Å². The molecule has 1 saturated heterocycles. The van der Waals surface area contributed by atoms with Gasteiger partial charge in [-0.1, -0.05) is 0 Å². The molecule has 0 aromatic heterocycles. The van der Waals surface area contributed by atoms with Gasteiger partial charge < -0.3 is 19.6 Å². The Labute approximate surface area is 106 Å². The summed E-state index contributed by atoms with van der Waals surface area (Å²) in [5, 5.41) is 9.14. The van der Waals surface area contributed by atoms with Gasteiger partial charge in [0.25, 0.3) is 0 Å². The SMILES string of the molecule is CCN(C(=O)N(C)C1CC1)C1COCC1C(=O)O. The summed E-state index contributed by atoms with van der Waals surface area (Å²) in [5.41, 5.74) is 0. The van der Waals surface area contributed by atoms with Crippen LogP contribution in [0.3, 0.4) is 0 Å². The average Bonchev–Trinajstić information content (AvgIpc) is 3.07. The van der Waals surface area contributed by atoms with Crippen LogP contribution < -0.4 is 0 Å².